The van der Waals surface area contributed by atoms with Gasteiger partial charge in [-0.3, -0.25) is 0 Å². The Balaban J connectivity index is 1.92. The van der Waals surface area contributed by atoms with E-state index in [1.54, 1.807) is 11.0 Å². The van der Waals surface area contributed by atoms with E-state index in [0.717, 1.165) is 17.8 Å². The molecule has 9 heteroatoms. The Kier molecular flexibility index (Phi) is 7.79. The number of nitrogens with zero attached hydrogens (tertiary/aromatic N) is 4. The van der Waals surface area contributed by atoms with E-state index < -0.39 is 17.2 Å². The number of benzene rings is 1. The maximum absolute atomic E-state index is 12.1. The largest absolute Gasteiger partial charge is 0.444 e. The van der Waals surface area contributed by atoms with Crippen LogP contribution >= 0.6 is 0 Å². The molecule has 0 aliphatic rings. The van der Waals surface area contributed by atoms with E-state index in [0.29, 0.717) is 19.0 Å². The van der Waals surface area contributed by atoms with Gasteiger partial charge in [0.2, 0.25) is 0 Å². The monoisotopic (exact) mass is 415 g/mol. The molecular weight excluding hydrogens is 382 g/mol. The number of hydrogen-bond donors (Lipinski definition) is 3. The van der Waals surface area contributed by atoms with E-state index in [4.69, 9.17) is 4.74 Å². The van der Waals surface area contributed by atoms with Crippen LogP contribution in [0.4, 0.5) is 4.79 Å². The lowest BCUT2D eigenvalue weighted by molar-refractivity contribution is 0.0474. The quantitative estimate of drug-likeness (QED) is 0.474. The molecule has 1 amide bonds. The minimum Gasteiger partial charge on any atom is -0.444 e. The second kappa shape index (κ2) is 10.1. The summed E-state index contributed by atoms with van der Waals surface area (Å²) in [7, 11) is 0. The molecule has 0 spiro atoms. The van der Waals surface area contributed by atoms with Crippen molar-refractivity contribution in [3.63, 3.8) is 0 Å². The van der Waals surface area contributed by atoms with Crippen LogP contribution in [0.3, 0.4) is 0 Å². The third kappa shape index (κ3) is 8.10. The van der Waals surface area contributed by atoms with Crippen LogP contribution in [0.1, 0.15) is 47.1 Å². The zero-order valence-electron chi connectivity index (χ0n) is 18.7. The zero-order chi connectivity index (χ0) is 22.2. The molecule has 0 saturated heterocycles. The lowest BCUT2D eigenvalue weighted by Crippen LogP contribution is -2.54. The van der Waals surface area contributed by atoms with Crippen molar-refractivity contribution in [2.24, 2.45) is 4.99 Å². The van der Waals surface area contributed by atoms with Gasteiger partial charge in [0.15, 0.2) is 5.96 Å². The number of carbonyl (C=O) groups excluding carboxylic acids is 1. The molecule has 0 saturated carbocycles. The molecule has 2 aromatic rings. The highest BCUT2D eigenvalue weighted by atomic mass is 16.6. The van der Waals surface area contributed by atoms with Crippen LogP contribution in [0.5, 0.6) is 0 Å². The van der Waals surface area contributed by atoms with Crippen molar-refractivity contribution in [3.05, 3.63) is 42.5 Å². The highest BCUT2D eigenvalue weighted by Crippen LogP contribution is 2.10. The maximum Gasteiger partial charge on any atom is 0.408 e. The number of carbonyl (C=O) groups is 1. The normalized spacial score (nSPS) is 12.4. The van der Waals surface area contributed by atoms with Gasteiger partial charge in [-0.2, -0.15) is 5.10 Å². The summed E-state index contributed by atoms with van der Waals surface area (Å²) in [6, 6.07) is 7.98. The molecule has 2 rings (SSSR count). The van der Waals surface area contributed by atoms with Gasteiger partial charge in [-0.1, -0.05) is 12.1 Å². The summed E-state index contributed by atoms with van der Waals surface area (Å²) in [4.78, 5) is 20.6. The lowest BCUT2D eigenvalue weighted by Gasteiger charge is -2.29. The van der Waals surface area contributed by atoms with E-state index in [9.17, 15) is 4.79 Å². The molecule has 0 radical (unpaired) electrons. The topological polar surface area (TPSA) is 105 Å². The van der Waals surface area contributed by atoms with E-state index in [-0.39, 0.29) is 0 Å². The van der Waals surface area contributed by atoms with Gasteiger partial charge in [-0.05, 0) is 59.2 Å². The molecule has 164 valence electrons. The summed E-state index contributed by atoms with van der Waals surface area (Å²) in [5.41, 5.74) is 0.966. The molecule has 0 aliphatic carbocycles. The van der Waals surface area contributed by atoms with E-state index in [1.165, 1.54) is 6.33 Å². The second-order valence-electron chi connectivity index (χ2n) is 8.57. The average molecular weight is 416 g/mol. The Morgan fingerprint density at radius 2 is 1.83 bits per heavy atom. The fourth-order valence-electron chi connectivity index (χ4n) is 2.54. The molecule has 9 nitrogen and oxygen atoms in total. The predicted octanol–water partition coefficient (Wildman–Crippen LogP) is 2.63. The molecule has 30 heavy (non-hydrogen) atoms. The molecule has 1 aromatic heterocycles. The van der Waals surface area contributed by atoms with Crippen LogP contribution in [0.25, 0.3) is 5.69 Å². The van der Waals surface area contributed by atoms with Gasteiger partial charge >= 0.3 is 6.09 Å². The summed E-state index contributed by atoms with van der Waals surface area (Å²) >= 11 is 0. The highest BCUT2D eigenvalue weighted by molar-refractivity contribution is 5.80. The Hall–Kier alpha value is -3.10. The van der Waals surface area contributed by atoms with Crippen molar-refractivity contribution in [2.45, 2.75) is 59.2 Å². The van der Waals surface area contributed by atoms with Gasteiger partial charge in [0.05, 0.1) is 17.8 Å². The molecule has 3 N–H and O–H groups in total. The first-order valence-electron chi connectivity index (χ1n) is 10.1. The third-order valence-corrected chi connectivity index (χ3v) is 3.92. The van der Waals surface area contributed by atoms with Crippen molar-refractivity contribution in [1.29, 1.82) is 0 Å². The number of amides is 1. The minimum atomic E-state index is -0.534. The van der Waals surface area contributed by atoms with Crippen LogP contribution in [-0.2, 0) is 11.3 Å². The SMILES string of the molecule is CCNC(=NCc1ccc(-n2cncn2)cc1)NCC(C)(C)NC(=O)OC(C)(C)C. The second-order valence-corrected chi connectivity index (χ2v) is 8.57. The average Bonchev–Trinajstić information content (AvgIpc) is 3.17. The predicted molar refractivity (Wildman–Crippen MR) is 118 cm³/mol. The number of guanidine groups is 1. The molecule has 1 aromatic carbocycles. The third-order valence-electron chi connectivity index (χ3n) is 3.92. The number of ether oxygens (including phenoxy) is 1. The van der Waals surface area contributed by atoms with Gasteiger partial charge in [0.25, 0.3) is 0 Å². The summed E-state index contributed by atoms with van der Waals surface area (Å²) in [6.07, 6.45) is 2.72. The zero-order valence-corrected chi connectivity index (χ0v) is 18.7. The Bertz CT molecular complexity index is 822. The summed E-state index contributed by atoms with van der Waals surface area (Å²) < 4.78 is 7.04. The Labute approximate surface area is 178 Å². The van der Waals surface area contributed by atoms with E-state index in [1.807, 2.05) is 65.8 Å². The standard InChI is InChI=1S/C21H33N7O2/c1-7-23-18(25-13-21(5,6)27-19(29)30-20(2,3)4)24-12-16-8-10-17(11-9-16)28-15-22-14-26-28/h8-11,14-15H,7,12-13H2,1-6H3,(H,27,29)(H2,23,24,25). The fraction of sp³-hybridized carbons (Fsp3) is 0.524. The molecule has 0 atom stereocenters. The molecule has 0 aliphatic heterocycles. The molecule has 0 bridgehead atoms. The van der Waals surface area contributed by atoms with Crippen LogP contribution in [0, 0.1) is 0 Å². The van der Waals surface area contributed by atoms with Crippen molar-refractivity contribution in [3.8, 4) is 5.69 Å². The molecule has 0 unspecified atom stereocenters. The van der Waals surface area contributed by atoms with Crippen LogP contribution in [0.2, 0.25) is 0 Å². The van der Waals surface area contributed by atoms with Crippen molar-refractivity contribution >= 4 is 12.1 Å². The summed E-state index contributed by atoms with van der Waals surface area (Å²) in [6.45, 7) is 13.1. The lowest BCUT2D eigenvalue weighted by atomic mass is 10.1. The Morgan fingerprint density at radius 3 is 2.40 bits per heavy atom. The van der Waals surface area contributed by atoms with Crippen molar-refractivity contribution < 1.29 is 9.53 Å². The van der Waals surface area contributed by atoms with E-state index in [2.05, 4.69) is 31.0 Å². The molecule has 0 fully saturated rings. The first-order chi connectivity index (χ1) is 14.1. The number of aliphatic imine (C=N–C) groups is 1. The first kappa shape index (κ1) is 23.2. The highest BCUT2D eigenvalue weighted by Gasteiger charge is 2.24. The van der Waals surface area contributed by atoms with E-state index >= 15 is 0 Å². The smallest absolute Gasteiger partial charge is 0.408 e. The Morgan fingerprint density at radius 1 is 1.13 bits per heavy atom. The van der Waals surface area contributed by atoms with Crippen molar-refractivity contribution in [2.75, 3.05) is 13.1 Å². The van der Waals surface area contributed by atoms with Crippen LogP contribution in [-0.4, -0.2) is 51.0 Å². The maximum atomic E-state index is 12.1. The minimum absolute atomic E-state index is 0.441. The van der Waals surface area contributed by atoms with Crippen LogP contribution < -0.4 is 16.0 Å². The summed E-state index contributed by atoms with van der Waals surface area (Å²) in [5, 5.41) is 13.5. The van der Waals surface area contributed by atoms with Gasteiger partial charge in [0.1, 0.15) is 18.3 Å². The molecular formula is C21H33N7O2. The number of nitrogens with one attached hydrogen (secondary N) is 3. The molecule has 1 heterocycles. The van der Waals surface area contributed by atoms with Gasteiger partial charge in [-0.25, -0.2) is 19.5 Å². The van der Waals surface area contributed by atoms with Gasteiger partial charge < -0.3 is 20.7 Å². The summed E-state index contributed by atoms with van der Waals surface area (Å²) in [5.74, 6) is 0.678. The number of aromatic nitrogens is 3. The first-order valence-corrected chi connectivity index (χ1v) is 10.1. The number of hydrogen-bond acceptors (Lipinski definition) is 5. The van der Waals surface area contributed by atoms with Gasteiger partial charge in [0, 0.05) is 13.1 Å². The van der Waals surface area contributed by atoms with Crippen molar-refractivity contribution in [1.82, 2.24) is 30.7 Å². The van der Waals surface area contributed by atoms with Crippen LogP contribution in [0.15, 0.2) is 41.9 Å². The fourth-order valence-corrected chi connectivity index (χ4v) is 2.54. The number of alkyl carbamates (subject to hydrolysis) is 1. The number of rotatable bonds is 7. The van der Waals surface area contributed by atoms with Gasteiger partial charge in [-0.15, -0.1) is 0 Å².